The molecule has 15 heteroatoms. The average Bonchev–Trinajstić information content (AvgIpc) is 1.59. The molecule has 3 aliphatic heterocycles. The van der Waals surface area contributed by atoms with Gasteiger partial charge in [0.05, 0.1) is 5.69 Å². The van der Waals surface area contributed by atoms with Crippen LogP contribution >= 0.6 is 0 Å². The van der Waals surface area contributed by atoms with Crippen LogP contribution in [0.3, 0.4) is 0 Å². The molecule has 568 valence electrons. The minimum Gasteiger partial charge on any atom is -0.528 e. The minimum absolute atomic E-state index is 0. The van der Waals surface area contributed by atoms with Gasteiger partial charge in [-0.2, -0.15) is 163 Å². The topological polar surface area (TPSA) is 72.9 Å². The monoisotopic (exact) mass is 2020 g/mol. The van der Waals surface area contributed by atoms with E-state index in [4.69, 9.17) is 0 Å². The normalized spacial score (nSPS) is 12.5. The molecule has 13 aromatic carbocycles. The van der Waals surface area contributed by atoms with Crippen molar-refractivity contribution in [1.82, 2.24) is 39.1 Å². The van der Waals surface area contributed by atoms with Gasteiger partial charge >= 0.3 is 60.3 Å². The Labute approximate surface area is 712 Å². The third-order valence-corrected chi connectivity index (χ3v) is 18.9. The molecular weight excluding hydrogens is 1930 g/mol. The van der Waals surface area contributed by atoms with Crippen LogP contribution in [0, 0.1) is 70.3 Å². The molecule has 0 saturated carbocycles. The second kappa shape index (κ2) is 41.9. The molecule has 16 aromatic rings. The van der Waals surface area contributed by atoms with Crippen molar-refractivity contribution in [1.29, 1.82) is 0 Å². The number of hydrogen-bond donors (Lipinski definition) is 0. The number of para-hydroxylation sites is 5. The summed E-state index contributed by atoms with van der Waals surface area (Å²) in [6.45, 7) is 14.6. The Kier molecular flexibility index (Phi) is 30.7. The quantitative estimate of drug-likeness (QED) is 0.111. The van der Waals surface area contributed by atoms with Crippen LogP contribution in [0.4, 0.5) is 28.4 Å². The molecule has 3 aromatic heterocycles. The molecule has 19 rings (SSSR count). The molecule has 114 heavy (non-hydrogen) atoms. The number of likely N-dealkylation sites (N-methyl/N-ethyl adjacent to an activating group) is 2. The average molecular weight is 2020 g/mol. The minimum atomic E-state index is 0. The number of fused-ring (bicyclic) bond motifs is 1. The van der Waals surface area contributed by atoms with Gasteiger partial charge in [-0.1, -0.05) is 193 Å². The summed E-state index contributed by atoms with van der Waals surface area (Å²) in [5.41, 5.74) is 25.5. The summed E-state index contributed by atoms with van der Waals surface area (Å²) in [6, 6.07) is 134. The molecule has 2 saturated heterocycles. The summed E-state index contributed by atoms with van der Waals surface area (Å²) in [4.78, 5) is 13.2. The van der Waals surface area contributed by atoms with Gasteiger partial charge in [-0.15, -0.1) is 70.2 Å². The molecule has 3 aliphatic rings. The molecule has 0 spiro atoms. The van der Waals surface area contributed by atoms with Crippen LogP contribution in [-0.4, -0.2) is 86.5 Å². The van der Waals surface area contributed by atoms with Crippen LogP contribution in [0.15, 0.2) is 358 Å². The molecule has 0 amide bonds. The third kappa shape index (κ3) is 22.3. The van der Waals surface area contributed by atoms with E-state index in [1.54, 1.807) is 21.8 Å². The zero-order chi connectivity index (χ0) is 75.9. The summed E-state index contributed by atoms with van der Waals surface area (Å²) < 4.78 is 5.45. The summed E-state index contributed by atoms with van der Waals surface area (Å²) >= 11 is 0. The second-order valence-electron chi connectivity index (χ2n) is 26.9. The second-order valence-corrected chi connectivity index (χ2v) is 26.9. The van der Waals surface area contributed by atoms with E-state index in [0.29, 0.717) is 0 Å². The number of anilines is 5. The van der Waals surface area contributed by atoms with Crippen LogP contribution in [0.2, 0.25) is 0 Å². The maximum Gasteiger partial charge on any atom is 3.00 e. The van der Waals surface area contributed by atoms with Crippen molar-refractivity contribution in [3.05, 3.63) is 426 Å². The largest absolute Gasteiger partial charge is 3.00 e. The Balaban J connectivity index is 0.000000139. The first-order valence-corrected chi connectivity index (χ1v) is 37.2. The van der Waals surface area contributed by atoms with Crippen LogP contribution in [0.5, 0.6) is 0 Å². The van der Waals surface area contributed by atoms with E-state index >= 15 is 0 Å². The number of benzene rings is 13. The number of rotatable bonds is 12. The van der Waals surface area contributed by atoms with Crippen LogP contribution in [0.25, 0.3) is 83.8 Å². The molecule has 6 heterocycles. The number of hydrogen-bond acceptors (Lipinski definition) is 9. The van der Waals surface area contributed by atoms with Crippen LogP contribution in [0.1, 0.15) is 11.4 Å². The van der Waals surface area contributed by atoms with Crippen molar-refractivity contribution in [3.63, 3.8) is 0 Å². The van der Waals surface area contributed by atoms with Crippen molar-refractivity contribution in [3.8, 4) is 83.8 Å². The maximum absolute atomic E-state index is 4.37. The molecule has 0 bridgehead atoms. The van der Waals surface area contributed by atoms with E-state index in [1.165, 1.54) is 78.1 Å². The fourth-order valence-electron chi connectivity index (χ4n) is 13.1. The zero-order valence-electron chi connectivity index (χ0n) is 64.0. The number of aromatic nitrogens is 6. The van der Waals surface area contributed by atoms with E-state index in [9.17, 15) is 0 Å². The summed E-state index contributed by atoms with van der Waals surface area (Å²) in [5, 5.41) is 12.5. The van der Waals surface area contributed by atoms with Gasteiger partial charge in [-0.3, -0.25) is 14.0 Å². The van der Waals surface area contributed by atoms with Gasteiger partial charge in [-0.05, 0) is 142 Å². The Hall–Kier alpha value is -11.4. The Bertz CT molecular complexity index is 5210. The summed E-state index contributed by atoms with van der Waals surface area (Å²) in [6.07, 6.45) is 7.29. The molecular formula is C99H85Ir3N12. The third-order valence-electron chi connectivity index (χ3n) is 18.9. The molecule has 0 radical (unpaired) electrons. The summed E-state index contributed by atoms with van der Waals surface area (Å²) in [7, 11) is 6.27. The van der Waals surface area contributed by atoms with Crippen molar-refractivity contribution >= 4 is 28.4 Å². The number of nitrogens with zero attached hydrogens (tertiary/aromatic N) is 12. The van der Waals surface area contributed by atoms with Crippen molar-refractivity contribution < 1.29 is 60.3 Å². The maximum atomic E-state index is 4.37. The predicted octanol–water partition coefficient (Wildman–Crippen LogP) is 21.5. The van der Waals surface area contributed by atoms with Crippen molar-refractivity contribution in [2.45, 2.75) is 13.8 Å². The van der Waals surface area contributed by atoms with Crippen LogP contribution in [-0.2, 0) is 60.3 Å². The molecule has 2 fully saturated rings. The Morgan fingerprint density at radius 3 is 0.947 bits per heavy atom. The van der Waals surface area contributed by atoms with Crippen LogP contribution < -0.4 is 19.6 Å². The van der Waals surface area contributed by atoms with Crippen molar-refractivity contribution in [2.24, 2.45) is 0 Å². The van der Waals surface area contributed by atoms with E-state index in [0.717, 1.165) is 71.7 Å². The van der Waals surface area contributed by atoms with E-state index in [2.05, 4.69) is 353 Å². The Morgan fingerprint density at radius 1 is 0.298 bits per heavy atom. The van der Waals surface area contributed by atoms with Crippen molar-refractivity contribution in [2.75, 3.05) is 66.9 Å². The molecule has 0 aliphatic carbocycles. The predicted molar refractivity (Wildman–Crippen MR) is 455 cm³/mol. The Morgan fingerprint density at radius 2 is 0.632 bits per heavy atom. The fourth-order valence-corrected chi connectivity index (χ4v) is 13.1. The van der Waals surface area contributed by atoms with E-state index in [1.807, 2.05) is 134 Å². The molecule has 0 atom stereocenters. The van der Waals surface area contributed by atoms with Gasteiger partial charge in [0.25, 0.3) is 0 Å². The summed E-state index contributed by atoms with van der Waals surface area (Å²) in [5.74, 6) is 0. The van der Waals surface area contributed by atoms with E-state index < -0.39 is 0 Å². The van der Waals surface area contributed by atoms with Gasteiger partial charge in [0, 0.05) is 41.9 Å². The zero-order valence-corrected chi connectivity index (χ0v) is 71.2. The SMILES string of the molecule is CN1[CH-]N(c2[c-]cc(-c3ccc(-c4ccccc4)cc3)cc2)CC1.CN1[CH-]N(c2[c-]cc(-c3ccc(-c4ccccc4)cc3)cc2)CC1.CN1[CH-]N(c2[c-]cc(-c3ccc(-c4ccccc4)cc3)cc2)c2ccccc21.Cc1cc(C)n(-c2[c-]cccc2)n1.[Ir+3].[Ir+3].[Ir+3].[c-]1ccccc1-n1cccn1.[c-]1ccccc1-n1cccn1. The molecule has 0 unspecified atom stereocenters. The van der Waals surface area contributed by atoms with Gasteiger partial charge in [0.2, 0.25) is 0 Å². The standard InChI is InChI=1S/C26H20N2.2C22H20N2.C11H11N2.2C9H7N2.3Ir/c1-27-19-28(26-10-6-5-9-25(26)27)24-17-15-23(16-18-24)22-13-11-21(12-14-22)20-7-3-2-4-8-20;2*1-23-15-16-24(17-23)22-13-11-21(12-14-22)20-9-7-19(8-10-20)18-5-3-2-4-6-18;1-9-8-10(2)13(12-9)11-6-4-3-5-7-11;2*1-2-5-9(6-3-1)11-8-4-7-10-11;;;/h2-17,19H,1H3;2*2-13,17H,15-16H2,1H3;3-6,8H,1-2H3;2*1-5,7-8H;;;/q3*-2;3*-1;3*+3. The molecule has 12 nitrogen and oxygen atoms in total. The van der Waals surface area contributed by atoms with Gasteiger partial charge < -0.3 is 29.4 Å². The van der Waals surface area contributed by atoms with Gasteiger partial charge in [0.1, 0.15) is 0 Å². The van der Waals surface area contributed by atoms with E-state index in [-0.39, 0.29) is 60.3 Å². The molecule has 0 N–H and O–H groups in total. The van der Waals surface area contributed by atoms with Gasteiger partial charge in [-0.25, -0.2) is 0 Å². The fraction of sp³-hybridized carbons (Fsp3) is 0.0909. The first kappa shape index (κ1) is 83.5. The first-order valence-electron chi connectivity index (χ1n) is 37.2. The smallest absolute Gasteiger partial charge is 0.528 e. The van der Waals surface area contributed by atoms with Gasteiger partial charge in [0.15, 0.2) is 0 Å². The number of aryl methyl sites for hydroxylation is 2. The first-order chi connectivity index (χ1) is 54.6.